The zero-order valence-corrected chi connectivity index (χ0v) is 16.0. The van der Waals surface area contributed by atoms with Crippen molar-refractivity contribution in [3.8, 4) is 0 Å². The van der Waals surface area contributed by atoms with Crippen LogP contribution in [0.2, 0.25) is 0 Å². The van der Waals surface area contributed by atoms with Crippen LogP contribution < -0.4 is 5.32 Å². The van der Waals surface area contributed by atoms with Gasteiger partial charge in [0, 0.05) is 57.3 Å². The molecule has 3 amide bonds. The molecule has 0 aromatic rings. The van der Waals surface area contributed by atoms with E-state index < -0.39 is 0 Å². The van der Waals surface area contributed by atoms with Gasteiger partial charge in [-0.25, -0.2) is 4.79 Å². The minimum Gasteiger partial charge on any atom is -0.340 e. The van der Waals surface area contributed by atoms with Crippen LogP contribution in [0.1, 0.15) is 57.8 Å². The summed E-state index contributed by atoms with van der Waals surface area (Å²) in [5.74, 6) is 0.441. The van der Waals surface area contributed by atoms with Gasteiger partial charge in [-0.3, -0.25) is 9.69 Å². The Morgan fingerprint density at radius 1 is 0.692 bits per heavy atom. The number of carbonyl (C=O) groups is 2. The van der Waals surface area contributed by atoms with Crippen LogP contribution in [-0.2, 0) is 4.79 Å². The number of rotatable bonds is 3. The number of nitrogens with one attached hydrogen (secondary N) is 1. The first-order valence-electron chi connectivity index (χ1n) is 10.8. The molecule has 0 unspecified atom stereocenters. The quantitative estimate of drug-likeness (QED) is 0.836. The molecule has 6 nitrogen and oxygen atoms in total. The number of nitrogens with zero attached hydrogens (tertiary/aromatic N) is 3. The molecular formula is C20H34N4O2. The van der Waals surface area contributed by atoms with Crippen molar-refractivity contribution in [1.82, 2.24) is 20.0 Å². The van der Waals surface area contributed by atoms with E-state index in [4.69, 9.17) is 0 Å². The standard InChI is InChI=1S/C20H34N4O2/c25-19(16-8-10-24(11-9-16)20(26)21-17-6-7-17)23-14-12-22(13-15-23)18-4-2-1-3-5-18/h16-18H,1-15H2,(H,21,26). The van der Waals surface area contributed by atoms with Gasteiger partial charge in [-0.15, -0.1) is 0 Å². The topological polar surface area (TPSA) is 55.9 Å². The summed E-state index contributed by atoms with van der Waals surface area (Å²) < 4.78 is 0. The molecule has 2 aliphatic carbocycles. The van der Waals surface area contributed by atoms with Gasteiger partial charge >= 0.3 is 6.03 Å². The molecule has 6 heteroatoms. The second-order valence-corrected chi connectivity index (χ2v) is 8.64. The van der Waals surface area contributed by atoms with Gasteiger partial charge < -0.3 is 15.1 Å². The summed E-state index contributed by atoms with van der Waals surface area (Å²) in [6, 6.07) is 1.23. The summed E-state index contributed by atoms with van der Waals surface area (Å²) in [5.41, 5.74) is 0. The zero-order valence-electron chi connectivity index (χ0n) is 16.0. The van der Waals surface area contributed by atoms with Crippen LogP contribution in [0.4, 0.5) is 4.79 Å². The van der Waals surface area contributed by atoms with Crippen molar-refractivity contribution in [2.24, 2.45) is 5.92 Å². The molecule has 4 fully saturated rings. The predicted molar refractivity (Wildman–Crippen MR) is 101 cm³/mol. The maximum absolute atomic E-state index is 12.9. The van der Waals surface area contributed by atoms with Crippen molar-refractivity contribution in [1.29, 1.82) is 0 Å². The number of amides is 3. The second-order valence-electron chi connectivity index (χ2n) is 8.64. The predicted octanol–water partition coefficient (Wildman–Crippen LogP) is 2.05. The molecule has 0 spiro atoms. The highest BCUT2D eigenvalue weighted by atomic mass is 16.2. The lowest BCUT2D eigenvalue weighted by Crippen LogP contribution is -2.54. The summed E-state index contributed by atoms with van der Waals surface area (Å²) in [6.45, 7) is 5.29. The van der Waals surface area contributed by atoms with Crippen molar-refractivity contribution in [3.05, 3.63) is 0 Å². The van der Waals surface area contributed by atoms with Crippen molar-refractivity contribution in [3.63, 3.8) is 0 Å². The Morgan fingerprint density at radius 2 is 1.35 bits per heavy atom. The van der Waals surface area contributed by atoms with Crippen molar-refractivity contribution < 1.29 is 9.59 Å². The summed E-state index contributed by atoms with van der Waals surface area (Å²) in [6.07, 6.45) is 10.7. The van der Waals surface area contributed by atoms with E-state index in [1.165, 1.54) is 32.1 Å². The lowest BCUT2D eigenvalue weighted by Gasteiger charge is -2.42. The number of urea groups is 1. The minimum atomic E-state index is 0.0690. The maximum Gasteiger partial charge on any atom is 0.317 e. The monoisotopic (exact) mass is 362 g/mol. The third kappa shape index (κ3) is 4.33. The highest BCUT2D eigenvalue weighted by Gasteiger charge is 2.34. The molecule has 2 saturated carbocycles. The third-order valence-electron chi connectivity index (χ3n) is 6.75. The van der Waals surface area contributed by atoms with Gasteiger partial charge in [0.2, 0.25) is 5.91 Å². The number of hydrogen-bond acceptors (Lipinski definition) is 3. The summed E-state index contributed by atoms with van der Waals surface area (Å²) in [5, 5.41) is 3.05. The average Bonchev–Trinajstić information content (AvgIpc) is 3.52. The van der Waals surface area contributed by atoms with Crippen LogP contribution in [0.5, 0.6) is 0 Å². The van der Waals surface area contributed by atoms with Crippen LogP contribution >= 0.6 is 0 Å². The number of likely N-dealkylation sites (tertiary alicyclic amines) is 1. The highest BCUT2D eigenvalue weighted by molar-refractivity contribution is 5.80. The maximum atomic E-state index is 12.9. The first-order chi connectivity index (χ1) is 12.7. The molecule has 2 saturated heterocycles. The molecule has 0 radical (unpaired) electrons. The van der Waals surface area contributed by atoms with Gasteiger partial charge in [0.25, 0.3) is 0 Å². The van der Waals surface area contributed by atoms with Crippen molar-refractivity contribution in [2.75, 3.05) is 39.3 Å². The Labute approximate surface area is 157 Å². The normalized spacial score (nSPS) is 26.8. The Morgan fingerprint density at radius 3 is 1.96 bits per heavy atom. The van der Waals surface area contributed by atoms with Gasteiger partial charge in [0.05, 0.1) is 0 Å². The molecule has 1 N–H and O–H groups in total. The minimum absolute atomic E-state index is 0.0690. The van der Waals surface area contributed by atoms with E-state index in [1.54, 1.807) is 0 Å². The summed E-state index contributed by atoms with van der Waals surface area (Å²) in [7, 11) is 0. The van der Waals surface area contributed by atoms with Crippen LogP contribution in [-0.4, -0.2) is 78.0 Å². The van der Waals surface area contributed by atoms with E-state index in [1.807, 2.05) is 4.90 Å². The Balaban J connectivity index is 1.20. The lowest BCUT2D eigenvalue weighted by atomic mass is 9.93. The fraction of sp³-hybridized carbons (Fsp3) is 0.900. The molecule has 0 aromatic carbocycles. The van der Waals surface area contributed by atoms with Gasteiger partial charge in [0.15, 0.2) is 0 Å². The smallest absolute Gasteiger partial charge is 0.317 e. The van der Waals surface area contributed by atoms with Crippen molar-refractivity contribution in [2.45, 2.75) is 69.9 Å². The molecule has 146 valence electrons. The van der Waals surface area contributed by atoms with Crippen LogP contribution in [0, 0.1) is 5.92 Å². The summed E-state index contributed by atoms with van der Waals surface area (Å²) >= 11 is 0. The molecule has 4 rings (SSSR count). The van der Waals surface area contributed by atoms with E-state index in [0.29, 0.717) is 11.9 Å². The third-order valence-corrected chi connectivity index (χ3v) is 6.75. The van der Waals surface area contributed by atoms with E-state index >= 15 is 0 Å². The van der Waals surface area contributed by atoms with E-state index in [2.05, 4.69) is 15.1 Å². The Kier molecular flexibility index (Phi) is 5.67. The van der Waals surface area contributed by atoms with Gasteiger partial charge in [-0.2, -0.15) is 0 Å². The van der Waals surface area contributed by atoms with Crippen LogP contribution in [0.25, 0.3) is 0 Å². The largest absolute Gasteiger partial charge is 0.340 e. The first-order valence-corrected chi connectivity index (χ1v) is 10.8. The molecule has 2 heterocycles. The highest BCUT2D eigenvalue weighted by Crippen LogP contribution is 2.25. The molecule has 0 aromatic heterocycles. The lowest BCUT2D eigenvalue weighted by molar-refractivity contribution is -0.139. The van der Waals surface area contributed by atoms with Gasteiger partial charge in [-0.05, 0) is 38.5 Å². The molecule has 0 atom stereocenters. The average molecular weight is 363 g/mol. The van der Waals surface area contributed by atoms with Crippen LogP contribution in [0.15, 0.2) is 0 Å². The number of carbonyl (C=O) groups excluding carboxylic acids is 2. The summed E-state index contributed by atoms with van der Waals surface area (Å²) in [4.78, 5) is 31.6. The van der Waals surface area contributed by atoms with E-state index in [9.17, 15) is 9.59 Å². The second kappa shape index (κ2) is 8.15. The van der Waals surface area contributed by atoms with E-state index in [-0.39, 0.29) is 11.9 Å². The molecular weight excluding hydrogens is 328 g/mol. The van der Waals surface area contributed by atoms with Gasteiger partial charge in [0.1, 0.15) is 0 Å². The van der Waals surface area contributed by atoms with Crippen LogP contribution in [0.3, 0.4) is 0 Å². The number of hydrogen-bond donors (Lipinski definition) is 1. The van der Waals surface area contributed by atoms with Gasteiger partial charge in [-0.1, -0.05) is 19.3 Å². The Bertz CT molecular complexity index is 500. The first kappa shape index (κ1) is 18.1. The van der Waals surface area contributed by atoms with Crippen molar-refractivity contribution >= 4 is 11.9 Å². The molecule has 2 aliphatic heterocycles. The molecule has 0 bridgehead atoms. The molecule has 26 heavy (non-hydrogen) atoms. The molecule has 4 aliphatic rings. The fourth-order valence-electron chi connectivity index (χ4n) is 4.83. The number of piperazine rings is 1. The zero-order chi connectivity index (χ0) is 17.9. The SMILES string of the molecule is O=C(NC1CC1)N1CCC(C(=O)N2CCN(C3CCCCC3)CC2)CC1. The fourth-order valence-corrected chi connectivity index (χ4v) is 4.83. The van der Waals surface area contributed by atoms with E-state index in [0.717, 1.165) is 71.0 Å². The number of piperidine rings is 1. The Hall–Kier alpha value is -1.30.